The van der Waals surface area contributed by atoms with Crippen LogP contribution in [-0.4, -0.2) is 49.8 Å². The van der Waals surface area contributed by atoms with Gasteiger partial charge in [0, 0.05) is 9.79 Å². The van der Waals surface area contributed by atoms with Gasteiger partial charge in [0.15, 0.2) is 0 Å². The van der Waals surface area contributed by atoms with E-state index in [1.54, 1.807) is 0 Å². The van der Waals surface area contributed by atoms with E-state index in [9.17, 15) is 28.8 Å². The molecule has 0 fully saturated rings. The highest BCUT2D eigenvalue weighted by Crippen LogP contribution is 2.49. The van der Waals surface area contributed by atoms with Gasteiger partial charge in [0.2, 0.25) is 0 Å². The second-order valence-corrected chi connectivity index (χ2v) is 50.4. The lowest BCUT2D eigenvalue weighted by molar-refractivity contribution is 0.0500. The maximum absolute atomic E-state index is 13.8. The highest BCUT2D eigenvalue weighted by Gasteiger charge is 2.37. The number of alkyl halides is 18. The van der Waals surface area contributed by atoms with Crippen LogP contribution < -0.4 is 0 Å². The van der Waals surface area contributed by atoms with E-state index in [1.807, 2.05) is 0 Å². The third-order valence-electron chi connectivity index (χ3n) is 4.99. The number of halogens is 18. The number of esters is 6. The second-order valence-electron chi connectivity index (χ2n) is 8.98. The number of carbonyl (C=O) groups excluding carboxylic acids is 6. The zero-order chi connectivity index (χ0) is 43.6. The Balaban J connectivity index is 3.10. The molecule has 56 heavy (non-hydrogen) atoms. The van der Waals surface area contributed by atoms with Gasteiger partial charge in [0.1, 0.15) is 0 Å². The fourth-order valence-corrected chi connectivity index (χ4v) is 8.65. The van der Waals surface area contributed by atoms with Crippen molar-refractivity contribution in [3.05, 3.63) is 57.6 Å². The minimum atomic E-state index is -1.64. The van der Waals surface area contributed by atoms with Gasteiger partial charge in [-0.3, -0.25) is 0 Å². The molecule has 0 aromatic heterocycles. The van der Waals surface area contributed by atoms with Crippen molar-refractivity contribution in [1.29, 1.82) is 0 Å². The summed E-state index contributed by atoms with van der Waals surface area (Å²) in [5, 5.41) is 0. The minimum absolute atomic E-state index is 0.241. The summed E-state index contributed by atoms with van der Waals surface area (Å²) in [6, 6.07) is 4.19. The Morgan fingerprint density at radius 2 is 0.482 bits per heavy atom. The van der Waals surface area contributed by atoms with E-state index in [0.717, 1.165) is 24.3 Å². The van der Waals surface area contributed by atoms with Crippen molar-refractivity contribution in [3.8, 4) is 0 Å². The van der Waals surface area contributed by atoms with Gasteiger partial charge in [-0.25, -0.2) is 28.8 Å². The molecule has 32 heteroatoms. The molecule has 2 aromatic rings. The van der Waals surface area contributed by atoms with Crippen LogP contribution in [0.4, 0.5) is 0 Å². The number of hydrogen-bond acceptors (Lipinski definition) is 14. The van der Waals surface area contributed by atoms with Crippen LogP contribution in [-0.2, 0) is 28.4 Å². The normalized spacial score (nSPS) is 12.7. The Bertz CT molecular complexity index is 1660. The summed E-state index contributed by atoms with van der Waals surface area (Å²) >= 11 is 55.2. The summed E-state index contributed by atoms with van der Waals surface area (Å²) in [4.78, 5) is 81.1. The molecule has 0 N–H and O–H groups in total. The lowest BCUT2D eigenvalue weighted by atomic mass is 10.1. The van der Waals surface area contributed by atoms with Crippen LogP contribution in [0.15, 0.2) is 34.1 Å². The first-order valence-corrected chi connectivity index (χ1v) is 28.9. The highest BCUT2D eigenvalue weighted by molar-refractivity contribution is 9.41. The molecule has 0 bridgehead atoms. The highest BCUT2D eigenvalue weighted by atomic mass is 80.0. The van der Waals surface area contributed by atoms with Gasteiger partial charge < -0.3 is 28.4 Å². The van der Waals surface area contributed by atoms with Crippen molar-refractivity contribution in [3.63, 3.8) is 0 Å². The number of hydrogen-bond donors (Lipinski definition) is 0. The van der Waals surface area contributed by atoms with Crippen molar-refractivity contribution in [1.82, 2.24) is 0 Å². The molecule has 310 valence electrons. The molecular weight excluding hydrogens is 1980 g/mol. The average molecular weight is 1990 g/mol. The van der Waals surface area contributed by atoms with Crippen molar-refractivity contribution in [2.24, 2.45) is 0 Å². The van der Waals surface area contributed by atoms with E-state index >= 15 is 0 Å². The van der Waals surface area contributed by atoms with Crippen LogP contribution in [0.3, 0.4) is 0 Å². The van der Waals surface area contributed by atoms with E-state index in [1.165, 1.54) is 0 Å². The molecule has 12 nitrogen and oxygen atoms in total. The summed E-state index contributed by atoms with van der Waals surface area (Å²) in [7, 11) is 1.22. The van der Waals surface area contributed by atoms with Crippen LogP contribution in [0, 0.1) is 0 Å². The fourth-order valence-electron chi connectivity index (χ4n) is 3.33. The van der Waals surface area contributed by atoms with Crippen LogP contribution >= 0.6 is 308 Å². The molecule has 0 aliphatic carbocycles. The van der Waals surface area contributed by atoms with Crippen LogP contribution in [0.25, 0.3) is 0 Å². The zero-order valence-electron chi connectivity index (χ0n) is 24.8. The third-order valence-corrected chi connectivity index (χ3v) is 10.4. The standard InChI is InChI=1S/C24H4Br18O12S2/c25-19(26,27)49-13(43)5-1-7(15(45)51-21(31,32)33)11(8(2-5)16(46)52-22(34,35)36)55-56-12-9(17(47)53-23(37,38)39)3-6(14(44)50-20(28,29)30)4-10(12)18(48)54-24(40,41)42/h1-4H. The van der Waals surface area contributed by atoms with Crippen LogP contribution in [0.1, 0.15) is 62.1 Å². The molecule has 0 radical (unpaired) electrons. The van der Waals surface area contributed by atoms with Crippen molar-refractivity contribution in [2.45, 2.75) is 23.8 Å². The Kier molecular flexibility index (Phi) is 23.2. The lowest BCUT2D eigenvalue weighted by Gasteiger charge is -2.22. The second kappa shape index (κ2) is 22.9. The Labute approximate surface area is 474 Å². The summed E-state index contributed by atoms with van der Waals surface area (Å²) in [5.74, 6) is -6.68. The molecule has 2 aromatic carbocycles. The lowest BCUT2D eigenvalue weighted by Crippen LogP contribution is -2.22. The minimum Gasteiger partial charge on any atom is -0.423 e. The molecule has 0 unspecified atom stereocenters. The fraction of sp³-hybridized carbons (Fsp3) is 0.250. The first kappa shape index (κ1) is 56.7. The predicted molar refractivity (Wildman–Crippen MR) is 274 cm³/mol. The van der Waals surface area contributed by atoms with Gasteiger partial charge in [0.05, 0.1) is 33.4 Å². The smallest absolute Gasteiger partial charge is 0.342 e. The number of benzene rings is 2. The average Bonchev–Trinajstić information content (AvgIpc) is 2.93. The van der Waals surface area contributed by atoms with E-state index in [0.29, 0.717) is 21.6 Å². The van der Waals surface area contributed by atoms with Crippen LogP contribution in [0.2, 0.25) is 0 Å². The van der Waals surface area contributed by atoms with E-state index in [4.69, 9.17) is 28.4 Å². The monoisotopic (exact) mass is 1970 g/mol. The predicted octanol–water partition coefficient (Wildman–Crippen LogP) is 16.2. The largest absolute Gasteiger partial charge is 0.423 e. The molecule has 0 saturated carbocycles. The summed E-state index contributed by atoms with van der Waals surface area (Å²) < 4.78 is 22.4. The maximum atomic E-state index is 13.8. The molecule has 2 rings (SSSR count). The quantitative estimate of drug-likeness (QED) is 0.101. The molecule has 0 spiro atoms. The summed E-state index contributed by atoms with van der Waals surface area (Å²) in [6.07, 6.45) is 0. The molecule has 0 amide bonds. The van der Waals surface area contributed by atoms with Gasteiger partial charge in [-0.15, -0.1) is 0 Å². The molecule has 0 atom stereocenters. The van der Waals surface area contributed by atoms with Gasteiger partial charge in [-0.2, -0.15) is 0 Å². The number of rotatable bonds is 9. The molecule has 0 aliphatic heterocycles. The Morgan fingerprint density at radius 1 is 0.321 bits per heavy atom. The van der Waals surface area contributed by atoms with Crippen LogP contribution in [0.5, 0.6) is 0 Å². The van der Waals surface area contributed by atoms with Crippen molar-refractivity contribution < 1.29 is 57.2 Å². The number of carbonyl (C=O) groups is 6. The molecular formula is C24H4Br18O12S2. The van der Waals surface area contributed by atoms with Gasteiger partial charge >= 0.3 is 35.8 Å². The Morgan fingerprint density at radius 3 is 0.643 bits per heavy atom. The first-order valence-electron chi connectivity index (χ1n) is 12.5. The topological polar surface area (TPSA) is 158 Å². The van der Waals surface area contributed by atoms with Gasteiger partial charge in [-0.05, 0) is 311 Å². The SMILES string of the molecule is O=C(OC(Br)(Br)Br)c1cc(C(=O)OC(Br)(Br)Br)c(SSc2c(C(=O)OC(Br)(Br)Br)cc(C(=O)OC(Br)(Br)Br)cc2C(=O)OC(Br)(Br)Br)c(C(=O)OC(Br)(Br)Br)c1. The summed E-state index contributed by atoms with van der Waals surface area (Å²) in [5.41, 5.74) is -2.43. The van der Waals surface area contributed by atoms with Gasteiger partial charge in [0.25, 0.3) is 14.0 Å². The van der Waals surface area contributed by atoms with Gasteiger partial charge in [-0.1, -0.05) is 21.6 Å². The maximum Gasteiger partial charge on any atom is 0.342 e. The third kappa shape index (κ3) is 21.3. The van der Waals surface area contributed by atoms with E-state index < -0.39 is 72.0 Å². The molecule has 0 aliphatic rings. The summed E-state index contributed by atoms with van der Waals surface area (Å²) in [6.45, 7) is 0. The number of ether oxygens (including phenoxy) is 6. The Hall–Kier alpha value is 4.60. The molecule has 0 heterocycles. The molecule has 0 saturated heterocycles. The van der Waals surface area contributed by atoms with E-state index in [2.05, 4.69) is 287 Å². The van der Waals surface area contributed by atoms with E-state index in [-0.39, 0.29) is 20.9 Å². The first-order chi connectivity index (χ1) is 25.0. The van der Waals surface area contributed by atoms with Crippen molar-refractivity contribution >= 4 is 344 Å². The van der Waals surface area contributed by atoms with Crippen molar-refractivity contribution in [2.75, 3.05) is 0 Å². The zero-order valence-corrected chi connectivity index (χ0v) is 55.0.